The summed E-state index contributed by atoms with van der Waals surface area (Å²) in [6.07, 6.45) is 1.80. The van der Waals surface area contributed by atoms with Crippen LogP contribution in [0.1, 0.15) is 17.5 Å². The molecule has 0 spiro atoms. The maximum absolute atomic E-state index is 13.4. The van der Waals surface area contributed by atoms with Crippen LogP contribution in [-0.2, 0) is 27.4 Å². The van der Waals surface area contributed by atoms with Crippen molar-refractivity contribution in [1.29, 1.82) is 0 Å². The first-order valence-corrected chi connectivity index (χ1v) is 11.7. The lowest BCUT2D eigenvalue weighted by molar-refractivity contribution is -0.140. The number of nitrogens with zero attached hydrogens (tertiary/aromatic N) is 2. The molecule has 0 bridgehead atoms. The summed E-state index contributed by atoms with van der Waals surface area (Å²) >= 11 is 11.6. The first-order chi connectivity index (χ1) is 16.8. The molecular weight excluding hydrogens is 498 g/mol. The molecule has 186 valence electrons. The van der Waals surface area contributed by atoms with Crippen LogP contribution >= 0.6 is 23.2 Å². The number of ether oxygens (including phenoxy) is 1. The van der Waals surface area contributed by atoms with Gasteiger partial charge >= 0.3 is 0 Å². The van der Waals surface area contributed by atoms with Crippen LogP contribution in [0, 0.1) is 5.82 Å². The zero-order valence-corrected chi connectivity index (χ0v) is 20.6. The van der Waals surface area contributed by atoms with Gasteiger partial charge in [0, 0.05) is 26.8 Å². The van der Waals surface area contributed by atoms with Crippen molar-refractivity contribution in [3.05, 3.63) is 82.0 Å². The van der Waals surface area contributed by atoms with Gasteiger partial charge in [-0.1, -0.05) is 47.5 Å². The SMILES string of the molecule is COCCCN(CC(=O)N(Cc1ccc(F)cc1)Cc1coc2ccccc2c1=O)C(=O)C(Cl)Cl. The zero-order chi connectivity index (χ0) is 25.4. The Hall–Kier alpha value is -2.94. The third-order valence-electron chi connectivity index (χ3n) is 5.35. The number of amides is 2. The Balaban J connectivity index is 1.88. The molecule has 0 aliphatic rings. The molecule has 0 saturated carbocycles. The van der Waals surface area contributed by atoms with Gasteiger partial charge in [-0.15, -0.1) is 0 Å². The maximum atomic E-state index is 13.4. The fourth-order valence-electron chi connectivity index (χ4n) is 3.54. The molecule has 0 aliphatic heterocycles. The monoisotopic (exact) mass is 522 g/mol. The van der Waals surface area contributed by atoms with Gasteiger partial charge in [0.2, 0.25) is 5.91 Å². The molecule has 3 aromatic rings. The first-order valence-electron chi connectivity index (χ1n) is 10.9. The maximum Gasteiger partial charge on any atom is 0.256 e. The zero-order valence-electron chi connectivity index (χ0n) is 19.1. The van der Waals surface area contributed by atoms with E-state index >= 15 is 0 Å². The quantitative estimate of drug-likeness (QED) is 0.279. The van der Waals surface area contributed by atoms with E-state index in [2.05, 4.69) is 0 Å². The minimum Gasteiger partial charge on any atom is -0.464 e. The van der Waals surface area contributed by atoms with Gasteiger partial charge in [0.1, 0.15) is 11.4 Å². The third kappa shape index (κ3) is 7.27. The van der Waals surface area contributed by atoms with Gasteiger partial charge in [-0.25, -0.2) is 4.39 Å². The predicted molar refractivity (Wildman–Crippen MR) is 132 cm³/mol. The summed E-state index contributed by atoms with van der Waals surface area (Å²) in [6.45, 7) is 0.283. The molecule has 3 rings (SSSR count). The van der Waals surface area contributed by atoms with Gasteiger partial charge in [0.15, 0.2) is 10.3 Å². The summed E-state index contributed by atoms with van der Waals surface area (Å²) in [6, 6.07) is 12.5. The van der Waals surface area contributed by atoms with Gasteiger partial charge < -0.3 is 19.0 Å². The fourth-order valence-corrected chi connectivity index (χ4v) is 3.82. The Kier molecular flexibility index (Phi) is 9.65. The van der Waals surface area contributed by atoms with E-state index in [0.29, 0.717) is 29.6 Å². The van der Waals surface area contributed by atoms with Crippen LogP contribution in [0.5, 0.6) is 0 Å². The topological polar surface area (TPSA) is 80.1 Å². The van der Waals surface area contributed by atoms with Crippen molar-refractivity contribution in [2.75, 3.05) is 26.8 Å². The first kappa shape index (κ1) is 26.7. The third-order valence-corrected chi connectivity index (χ3v) is 5.73. The Morgan fingerprint density at radius 3 is 2.46 bits per heavy atom. The molecule has 35 heavy (non-hydrogen) atoms. The minimum atomic E-state index is -1.33. The van der Waals surface area contributed by atoms with Crippen molar-refractivity contribution in [1.82, 2.24) is 9.80 Å². The van der Waals surface area contributed by atoms with Crippen LogP contribution < -0.4 is 5.43 Å². The van der Waals surface area contributed by atoms with E-state index in [4.69, 9.17) is 32.4 Å². The molecule has 0 N–H and O–H groups in total. The Morgan fingerprint density at radius 1 is 1.06 bits per heavy atom. The number of methoxy groups -OCH3 is 1. The Morgan fingerprint density at radius 2 is 1.77 bits per heavy atom. The second kappa shape index (κ2) is 12.7. The number of alkyl halides is 2. The molecule has 2 aromatic carbocycles. The van der Waals surface area contributed by atoms with E-state index in [-0.39, 0.29) is 37.2 Å². The fraction of sp³-hybridized carbons (Fsp3) is 0.320. The van der Waals surface area contributed by atoms with Crippen LogP contribution in [0.25, 0.3) is 11.0 Å². The molecule has 2 amide bonds. The second-order valence-corrected chi connectivity index (χ2v) is 8.97. The van der Waals surface area contributed by atoms with Crippen molar-refractivity contribution in [2.45, 2.75) is 24.3 Å². The highest BCUT2D eigenvalue weighted by Gasteiger charge is 2.26. The molecule has 7 nitrogen and oxygen atoms in total. The number of hydrogen-bond acceptors (Lipinski definition) is 5. The van der Waals surface area contributed by atoms with Gasteiger partial charge in [-0.05, 0) is 36.2 Å². The summed E-state index contributed by atoms with van der Waals surface area (Å²) in [5.41, 5.74) is 1.08. The number of halogens is 3. The highest BCUT2D eigenvalue weighted by Crippen LogP contribution is 2.15. The van der Waals surface area contributed by atoms with E-state index < -0.39 is 22.5 Å². The minimum absolute atomic E-state index is 0.0747. The van der Waals surface area contributed by atoms with Crippen molar-refractivity contribution in [2.24, 2.45) is 0 Å². The number of fused-ring (bicyclic) bond motifs is 1. The van der Waals surface area contributed by atoms with Crippen molar-refractivity contribution in [3.8, 4) is 0 Å². The van der Waals surface area contributed by atoms with Gasteiger partial charge in [0.05, 0.1) is 30.3 Å². The summed E-state index contributed by atoms with van der Waals surface area (Å²) in [4.78, 5) is 40.2. The number of carbonyl (C=O) groups excluding carboxylic acids is 2. The summed E-state index contributed by atoms with van der Waals surface area (Å²) < 4.78 is 24.0. The van der Waals surface area contributed by atoms with Gasteiger partial charge in [-0.2, -0.15) is 0 Å². The van der Waals surface area contributed by atoms with Crippen molar-refractivity contribution < 1.29 is 23.1 Å². The van der Waals surface area contributed by atoms with E-state index in [9.17, 15) is 18.8 Å². The normalized spacial score (nSPS) is 11.1. The van der Waals surface area contributed by atoms with Crippen molar-refractivity contribution >= 4 is 46.0 Å². The molecule has 1 heterocycles. The summed E-state index contributed by atoms with van der Waals surface area (Å²) in [7, 11) is 1.53. The van der Waals surface area contributed by atoms with Crippen LogP contribution in [0.3, 0.4) is 0 Å². The van der Waals surface area contributed by atoms with Gasteiger partial charge in [0.25, 0.3) is 5.91 Å². The summed E-state index contributed by atoms with van der Waals surface area (Å²) in [5.74, 6) is -1.46. The largest absolute Gasteiger partial charge is 0.464 e. The standard InChI is InChI=1S/C25H25Cl2FN2O5/c1-34-12-4-11-29(25(33)24(26)27)15-22(31)30(13-17-7-9-19(28)10-8-17)14-18-16-35-21-6-3-2-5-20(21)23(18)32/h2-3,5-10,16,24H,4,11-15H2,1H3. The highest BCUT2D eigenvalue weighted by molar-refractivity contribution is 6.53. The van der Waals surface area contributed by atoms with Crippen LogP contribution in [0.15, 0.2) is 64.0 Å². The van der Waals surface area contributed by atoms with E-state index in [0.717, 1.165) is 0 Å². The molecule has 0 fully saturated rings. The number of benzene rings is 2. The molecule has 0 aliphatic carbocycles. The molecule has 0 radical (unpaired) electrons. The predicted octanol–water partition coefficient (Wildman–Crippen LogP) is 4.13. The van der Waals surface area contributed by atoms with E-state index in [1.54, 1.807) is 36.4 Å². The van der Waals surface area contributed by atoms with E-state index in [1.807, 2.05) is 0 Å². The number of hydrogen-bond donors (Lipinski definition) is 0. The van der Waals surface area contributed by atoms with Crippen LogP contribution in [0.2, 0.25) is 0 Å². The molecule has 0 unspecified atom stereocenters. The number of rotatable bonds is 11. The molecule has 0 saturated heterocycles. The van der Waals surface area contributed by atoms with Crippen molar-refractivity contribution in [3.63, 3.8) is 0 Å². The number of carbonyl (C=O) groups is 2. The lowest BCUT2D eigenvalue weighted by Crippen LogP contribution is -2.45. The lowest BCUT2D eigenvalue weighted by atomic mass is 10.1. The van der Waals surface area contributed by atoms with Crippen LogP contribution in [0.4, 0.5) is 4.39 Å². The smallest absolute Gasteiger partial charge is 0.256 e. The lowest BCUT2D eigenvalue weighted by Gasteiger charge is -2.28. The van der Waals surface area contributed by atoms with E-state index in [1.165, 1.54) is 35.3 Å². The average molecular weight is 523 g/mol. The Bertz CT molecular complexity index is 1220. The molecule has 1 aromatic heterocycles. The molecular formula is C25H25Cl2FN2O5. The summed E-state index contributed by atoms with van der Waals surface area (Å²) in [5, 5.41) is 0.391. The molecule has 0 atom stereocenters. The Labute approximate surface area is 212 Å². The van der Waals surface area contributed by atoms with Gasteiger partial charge in [-0.3, -0.25) is 14.4 Å². The second-order valence-electron chi connectivity index (χ2n) is 7.87. The average Bonchev–Trinajstić information content (AvgIpc) is 2.85. The van der Waals surface area contributed by atoms with Crippen LogP contribution in [-0.4, -0.2) is 53.3 Å². The highest BCUT2D eigenvalue weighted by atomic mass is 35.5. The number of para-hydroxylation sites is 1. The molecule has 10 heteroatoms.